The van der Waals surface area contributed by atoms with Gasteiger partial charge in [0.05, 0.1) is 5.75 Å². The molecule has 0 aliphatic carbocycles. The fourth-order valence-corrected chi connectivity index (χ4v) is 4.22. The largest absolute Gasteiger partial charge is 0.389 e. The number of rotatable bonds is 4. The first-order valence-corrected chi connectivity index (χ1v) is 8.58. The third kappa shape index (κ3) is 3.56. The van der Waals surface area contributed by atoms with E-state index in [-0.39, 0.29) is 11.2 Å². The molecule has 0 bridgehead atoms. The van der Waals surface area contributed by atoms with Crippen LogP contribution in [-0.4, -0.2) is 30.8 Å². The van der Waals surface area contributed by atoms with E-state index in [1.807, 2.05) is 0 Å². The van der Waals surface area contributed by atoms with Crippen molar-refractivity contribution in [3.05, 3.63) is 35.4 Å². The molecule has 0 amide bonds. The van der Waals surface area contributed by atoms with Crippen LogP contribution in [0.3, 0.4) is 0 Å². The van der Waals surface area contributed by atoms with Crippen LogP contribution in [0.15, 0.2) is 24.3 Å². The summed E-state index contributed by atoms with van der Waals surface area (Å²) in [7, 11) is -3.25. The fraction of sp³-hybridized carbons (Fsp3) is 0.500. The zero-order valence-electron chi connectivity index (χ0n) is 11.8. The molecule has 4 nitrogen and oxygen atoms in total. The van der Waals surface area contributed by atoms with Gasteiger partial charge in [-0.15, -0.1) is 0 Å². The molecule has 1 aliphatic heterocycles. The van der Waals surface area contributed by atoms with E-state index in [2.05, 4.69) is 13.8 Å². The van der Waals surface area contributed by atoms with Gasteiger partial charge in [0, 0.05) is 18.7 Å². The lowest BCUT2D eigenvalue weighted by Crippen LogP contribution is -2.31. The molecular weight excluding hydrogens is 292 g/mol. The third-order valence-electron chi connectivity index (χ3n) is 3.62. The zero-order chi connectivity index (χ0) is 15.0. The molecule has 1 saturated heterocycles. The first kappa shape index (κ1) is 15.4. The van der Waals surface area contributed by atoms with Gasteiger partial charge in [-0.2, -0.15) is 0 Å². The van der Waals surface area contributed by atoms with Crippen LogP contribution in [0.25, 0.3) is 0 Å². The van der Waals surface area contributed by atoms with E-state index >= 15 is 0 Å². The third-order valence-corrected chi connectivity index (χ3v) is 5.66. The number of hydrogen-bond donors (Lipinski definition) is 1. The van der Waals surface area contributed by atoms with Crippen LogP contribution < -0.4 is 5.73 Å². The smallest absolute Gasteiger partial charge is 0.218 e. The topological polar surface area (TPSA) is 63.4 Å². The predicted octanol–water partition coefficient (Wildman–Crippen LogP) is 1.88. The highest BCUT2D eigenvalue weighted by Crippen LogP contribution is 2.31. The van der Waals surface area contributed by atoms with Crippen LogP contribution >= 0.6 is 12.2 Å². The number of sulfonamides is 1. The summed E-state index contributed by atoms with van der Waals surface area (Å²) in [5, 5.41) is 0. The lowest BCUT2D eigenvalue weighted by molar-refractivity contribution is 0.375. The van der Waals surface area contributed by atoms with Crippen molar-refractivity contribution < 1.29 is 8.42 Å². The molecule has 2 rings (SSSR count). The summed E-state index contributed by atoms with van der Waals surface area (Å²) in [6.07, 6.45) is 0.909. The summed E-state index contributed by atoms with van der Waals surface area (Å²) in [6.45, 7) is 5.40. The van der Waals surface area contributed by atoms with Crippen LogP contribution in [0.5, 0.6) is 0 Å². The maximum Gasteiger partial charge on any atom is 0.218 e. The van der Waals surface area contributed by atoms with Crippen LogP contribution in [-0.2, 0) is 15.8 Å². The standard InChI is InChI=1S/C14H20N2O2S2/c1-14(2)7-8-16(10-14)20(17,18)9-11-3-5-12(6-4-11)13(15)19/h3-6H,7-10H2,1-2H3,(H2,15,19). The van der Waals surface area contributed by atoms with Crippen molar-refractivity contribution in [2.45, 2.75) is 26.0 Å². The molecule has 110 valence electrons. The second-order valence-corrected chi connectivity index (χ2v) is 8.47. The van der Waals surface area contributed by atoms with Crippen molar-refractivity contribution in [2.75, 3.05) is 13.1 Å². The molecule has 0 atom stereocenters. The van der Waals surface area contributed by atoms with Gasteiger partial charge in [-0.1, -0.05) is 50.3 Å². The summed E-state index contributed by atoms with van der Waals surface area (Å²) in [5.74, 6) is 0.0285. The van der Waals surface area contributed by atoms with Gasteiger partial charge in [0.1, 0.15) is 4.99 Å². The molecule has 0 spiro atoms. The molecule has 1 heterocycles. The maximum absolute atomic E-state index is 12.4. The van der Waals surface area contributed by atoms with Gasteiger partial charge in [-0.3, -0.25) is 0 Å². The van der Waals surface area contributed by atoms with Gasteiger partial charge < -0.3 is 5.73 Å². The van der Waals surface area contributed by atoms with Crippen molar-refractivity contribution in [1.82, 2.24) is 4.31 Å². The van der Waals surface area contributed by atoms with E-state index in [1.165, 1.54) is 0 Å². The Morgan fingerprint density at radius 2 is 1.95 bits per heavy atom. The summed E-state index contributed by atoms with van der Waals surface area (Å²) in [4.78, 5) is 0.320. The summed E-state index contributed by atoms with van der Waals surface area (Å²) in [5.41, 5.74) is 7.11. The van der Waals surface area contributed by atoms with Gasteiger partial charge in [0.2, 0.25) is 10.0 Å². The van der Waals surface area contributed by atoms with E-state index in [1.54, 1.807) is 28.6 Å². The molecule has 1 fully saturated rings. The monoisotopic (exact) mass is 312 g/mol. The number of benzene rings is 1. The first-order valence-electron chi connectivity index (χ1n) is 6.56. The van der Waals surface area contributed by atoms with Crippen LogP contribution in [0.4, 0.5) is 0 Å². The molecule has 0 unspecified atom stereocenters. The molecule has 6 heteroatoms. The van der Waals surface area contributed by atoms with E-state index in [0.717, 1.165) is 17.5 Å². The van der Waals surface area contributed by atoms with E-state index in [9.17, 15) is 8.42 Å². The molecular formula is C14H20N2O2S2. The minimum Gasteiger partial charge on any atom is -0.389 e. The molecule has 0 saturated carbocycles. The Kier molecular flexibility index (Phi) is 4.18. The van der Waals surface area contributed by atoms with Gasteiger partial charge in [-0.25, -0.2) is 12.7 Å². The summed E-state index contributed by atoms with van der Waals surface area (Å²) in [6, 6.07) is 7.07. The number of hydrogen-bond acceptors (Lipinski definition) is 3. The summed E-state index contributed by atoms with van der Waals surface area (Å²) >= 11 is 4.88. The van der Waals surface area contributed by atoms with Crippen molar-refractivity contribution in [3.8, 4) is 0 Å². The number of thiocarbonyl (C=S) groups is 1. The molecule has 2 N–H and O–H groups in total. The SMILES string of the molecule is CC1(C)CCN(S(=O)(=O)Cc2ccc(C(N)=S)cc2)C1. The molecule has 1 aromatic rings. The van der Waals surface area contributed by atoms with Crippen molar-refractivity contribution in [3.63, 3.8) is 0 Å². The van der Waals surface area contributed by atoms with Crippen molar-refractivity contribution >= 4 is 27.2 Å². The van der Waals surface area contributed by atoms with Gasteiger partial charge in [0.25, 0.3) is 0 Å². The van der Waals surface area contributed by atoms with E-state index < -0.39 is 10.0 Å². The summed E-state index contributed by atoms with van der Waals surface area (Å²) < 4.78 is 26.4. The Hall–Kier alpha value is -0.980. The second-order valence-electron chi connectivity index (χ2n) is 6.07. The van der Waals surface area contributed by atoms with Crippen molar-refractivity contribution in [1.29, 1.82) is 0 Å². The Morgan fingerprint density at radius 3 is 2.40 bits per heavy atom. The van der Waals surface area contributed by atoms with E-state index in [4.69, 9.17) is 18.0 Å². The highest BCUT2D eigenvalue weighted by Gasteiger charge is 2.35. The average Bonchev–Trinajstić information content (AvgIpc) is 2.70. The Labute approximate surface area is 126 Å². The van der Waals surface area contributed by atoms with Gasteiger partial charge >= 0.3 is 0 Å². The molecule has 20 heavy (non-hydrogen) atoms. The lowest BCUT2D eigenvalue weighted by atomic mass is 9.93. The maximum atomic E-state index is 12.4. The second kappa shape index (κ2) is 5.42. The highest BCUT2D eigenvalue weighted by atomic mass is 32.2. The molecule has 0 aromatic heterocycles. The van der Waals surface area contributed by atoms with Crippen LogP contribution in [0.2, 0.25) is 0 Å². The minimum atomic E-state index is -3.25. The lowest BCUT2D eigenvalue weighted by Gasteiger charge is -2.19. The predicted molar refractivity (Wildman–Crippen MR) is 84.9 cm³/mol. The van der Waals surface area contributed by atoms with Crippen LogP contribution in [0.1, 0.15) is 31.4 Å². The Morgan fingerprint density at radius 1 is 1.35 bits per heavy atom. The normalized spacial score (nSPS) is 19.1. The Balaban J connectivity index is 2.11. The van der Waals surface area contributed by atoms with Crippen molar-refractivity contribution in [2.24, 2.45) is 11.1 Å². The Bertz CT molecular complexity index is 607. The molecule has 1 aromatic carbocycles. The molecule has 0 radical (unpaired) electrons. The fourth-order valence-electron chi connectivity index (χ4n) is 2.37. The first-order chi connectivity index (χ1) is 9.20. The number of nitrogens with two attached hydrogens (primary N) is 1. The number of nitrogens with zero attached hydrogens (tertiary/aromatic N) is 1. The minimum absolute atomic E-state index is 0.0285. The van der Waals surface area contributed by atoms with Crippen LogP contribution in [0, 0.1) is 5.41 Å². The zero-order valence-corrected chi connectivity index (χ0v) is 13.4. The van der Waals surface area contributed by atoms with E-state index in [0.29, 0.717) is 18.1 Å². The molecule has 1 aliphatic rings. The van der Waals surface area contributed by atoms with Gasteiger partial charge in [0.15, 0.2) is 0 Å². The van der Waals surface area contributed by atoms with Gasteiger partial charge in [-0.05, 0) is 17.4 Å². The quantitative estimate of drug-likeness (QED) is 0.862. The average molecular weight is 312 g/mol. The highest BCUT2D eigenvalue weighted by molar-refractivity contribution is 7.88.